The van der Waals surface area contributed by atoms with Crippen molar-refractivity contribution in [1.82, 2.24) is 19.4 Å². The number of aryl methyl sites for hydroxylation is 1. The molecule has 2 heterocycles. The molecule has 0 saturated carbocycles. The van der Waals surface area contributed by atoms with Gasteiger partial charge in [0.15, 0.2) is 0 Å². The molecule has 0 amide bonds. The van der Waals surface area contributed by atoms with Crippen LogP contribution in [0.5, 0.6) is 0 Å². The first-order chi connectivity index (χ1) is 11.6. The van der Waals surface area contributed by atoms with Gasteiger partial charge in [0.1, 0.15) is 11.6 Å². The third-order valence-corrected chi connectivity index (χ3v) is 4.69. The van der Waals surface area contributed by atoms with Gasteiger partial charge in [0.25, 0.3) is 0 Å². The monoisotopic (exact) mass is 327 g/mol. The lowest BCUT2D eigenvalue weighted by atomic mass is 10.1. The molecule has 5 nitrogen and oxygen atoms in total. The number of rotatable bonds is 4. The van der Waals surface area contributed by atoms with Gasteiger partial charge in [-0.3, -0.25) is 9.80 Å². The maximum atomic E-state index is 14.1. The fraction of sp³-hybridized carbons (Fsp3) is 0.444. The number of benzene rings is 1. The van der Waals surface area contributed by atoms with Crippen molar-refractivity contribution in [2.24, 2.45) is 7.05 Å². The van der Waals surface area contributed by atoms with E-state index in [1.54, 1.807) is 12.1 Å². The van der Waals surface area contributed by atoms with Crippen molar-refractivity contribution < 1.29 is 4.39 Å². The van der Waals surface area contributed by atoms with Gasteiger partial charge in [0, 0.05) is 57.2 Å². The Kier molecular flexibility index (Phi) is 4.93. The highest BCUT2D eigenvalue weighted by atomic mass is 19.1. The summed E-state index contributed by atoms with van der Waals surface area (Å²) in [5.74, 6) is 0.769. The molecule has 1 atom stereocenters. The van der Waals surface area contributed by atoms with E-state index in [4.69, 9.17) is 5.26 Å². The molecular weight excluding hydrogens is 305 g/mol. The molecule has 1 fully saturated rings. The zero-order valence-corrected chi connectivity index (χ0v) is 14.1. The van der Waals surface area contributed by atoms with Gasteiger partial charge in [-0.05, 0) is 19.1 Å². The van der Waals surface area contributed by atoms with Gasteiger partial charge in [-0.15, -0.1) is 0 Å². The molecule has 1 aliphatic heterocycles. The number of aromatic nitrogens is 2. The Morgan fingerprint density at radius 3 is 2.79 bits per heavy atom. The van der Waals surface area contributed by atoms with Crippen LogP contribution in [0.3, 0.4) is 0 Å². The summed E-state index contributed by atoms with van der Waals surface area (Å²) in [4.78, 5) is 9.07. The molecule has 1 aliphatic rings. The second-order valence-corrected chi connectivity index (χ2v) is 6.43. The van der Waals surface area contributed by atoms with Gasteiger partial charge in [-0.25, -0.2) is 9.37 Å². The molecule has 3 rings (SSSR count). The molecule has 0 spiro atoms. The Bertz CT molecular complexity index is 748. The van der Waals surface area contributed by atoms with Crippen molar-refractivity contribution in [2.45, 2.75) is 26.1 Å². The van der Waals surface area contributed by atoms with Gasteiger partial charge in [0.2, 0.25) is 0 Å². The summed E-state index contributed by atoms with van der Waals surface area (Å²) in [5.41, 5.74) is 1.02. The number of hydrogen-bond acceptors (Lipinski definition) is 4. The highest BCUT2D eigenvalue weighted by molar-refractivity contribution is 5.32. The van der Waals surface area contributed by atoms with Crippen LogP contribution in [0.15, 0.2) is 30.6 Å². The topological polar surface area (TPSA) is 48.1 Å². The number of piperazine rings is 1. The number of imidazole rings is 1. The van der Waals surface area contributed by atoms with Crippen molar-refractivity contribution in [3.63, 3.8) is 0 Å². The van der Waals surface area contributed by atoms with E-state index < -0.39 is 0 Å². The summed E-state index contributed by atoms with van der Waals surface area (Å²) in [6, 6.07) is 7.07. The van der Waals surface area contributed by atoms with Gasteiger partial charge < -0.3 is 4.57 Å². The molecule has 1 aromatic heterocycles. The van der Waals surface area contributed by atoms with E-state index >= 15 is 0 Å². The van der Waals surface area contributed by atoms with Crippen molar-refractivity contribution in [1.29, 1.82) is 5.26 Å². The first-order valence-electron chi connectivity index (χ1n) is 8.18. The summed E-state index contributed by atoms with van der Waals surface area (Å²) in [6.45, 7) is 6.34. The summed E-state index contributed by atoms with van der Waals surface area (Å²) < 4.78 is 16.1. The lowest BCUT2D eigenvalue weighted by molar-refractivity contribution is 0.0701. The first kappa shape index (κ1) is 16.6. The molecule has 1 aromatic carbocycles. The lowest BCUT2D eigenvalue weighted by Gasteiger charge is -2.39. The van der Waals surface area contributed by atoms with Crippen LogP contribution in [0.4, 0.5) is 4.39 Å². The smallest absolute Gasteiger partial charge is 0.129 e. The molecule has 24 heavy (non-hydrogen) atoms. The van der Waals surface area contributed by atoms with E-state index in [0.29, 0.717) is 23.7 Å². The van der Waals surface area contributed by atoms with Gasteiger partial charge in [0.05, 0.1) is 18.2 Å². The van der Waals surface area contributed by atoms with Crippen LogP contribution in [-0.4, -0.2) is 45.0 Å². The van der Waals surface area contributed by atoms with Crippen LogP contribution < -0.4 is 0 Å². The molecule has 0 N–H and O–H groups in total. The zero-order valence-electron chi connectivity index (χ0n) is 14.1. The summed E-state index contributed by atoms with van der Waals surface area (Å²) >= 11 is 0. The second kappa shape index (κ2) is 7.12. The average molecular weight is 327 g/mol. The maximum absolute atomic E-state index is 14.1. The van der Waals surface area contributed by atoms with Gasteiger partial charge >= 0.3 is 0 Å². The summed E-state index contributed by atoms with van der Waals surface area (Å²) in [5, 5.41) is 8.82. The minimum absolute atomic E-state index is 0.294. The average Bonchev–Trinajstić information content (AvgIpc) is 2.97. The fourth-order valence-electron chi connectivity index (χ4n) is 3.17. The van der Waals surface area contributed by atoms with E-state index in [0.717, 1.165) is 32.0 Å². The molecular formula is C18H22FN5. The van der Waals surface area contributed by atoms with Crippen LogP contribution in [0.25, 0.3) is 0 Å². The predicted molar refractivity (Wildman–Crippen MR) is 89.5 cm³/mol. The van der Waals surface area contributed by atoms with E-state index in [-0.39, 0.29) is 5.82 Å². The minimum atomic E-state index is -0.294. The van der Waals surface area contributed by atoms with E-state index in [2.05, 4.69) is 21.7 Å². The number of hydrogen-bond donors (Lipinski definition) is 0. The van der Waals surface area contributed by atoms with Crippen molar-refractivity contribution >= 4 is 0 Å². The largest absolute Gasteiger partial charge is 0.337 e. The van der Waals surface area contributed by atoms with E-state index in [1.807, 2.05) is 30.1 Å². The van der Waals surface area contributed by atoms with Crippen LogP contribution >= 0.6 is 0 Å². The third-order valence-electron chi connectivity index (χ3n) is 4.69. The minimum Gasteiger partial charge on any atom is -0.337 e. The number of nitriles is 1. The fourth-order valence-corrected chi connectivity index (χ4v) is 3.17. The lowest BCUT2D eigenvalue weighted by Crippen LogP contribution is -2.51. The van der Waals surface area contributed by atoms with Crippen LogP contribution in [0, 0.1) is 17.1 Å². The van der Waals surface area contributed by atoms with Crippen LogP contribution in [-0.2, 0) is 20.1 Å². The molecule has 2 aromatic rings. The normalized spacial score (nSPS) is 19.3. The summed E-state index contributed by atoms with van der Waals surface area (Å²) in [6.07, 6.45) is 3.79. The quantitative estimate of drug-likeness (QED) is 0.863. The Hall–Kier alpha value is -2.23. The highest BCUT2D eigenvalue weighted by Gasteiger charge is 2.25. The maximum Gasteiger partial charge on any atom is 0.129 e. The highest BCUT2D eigenvalue weighted by Crippen LogP contribution is 2.17. The Morgan fingerprint density at radius 1 is 1.33 bits per heavy atom. The van der Waals surface area contributed by atoms with E-state index in [9.17, 15) is 4.39 Å². The Labute approximate surface area is 141 Å². The van der Waals surface area contributed by atoms with Crippen molar-refractivity contribution in [3.05, 3.63) is 53.4 Å². The number of halogens is 1. The molecule has 0 aliphatic carbocycles. The molecule has 0 radical (unpaired) electrons. The zero-order chi connectivity index (χ0) is 17.1. The SMILES string of the molecule is C[C@@H]1CN(Cc2ccc(C#N)cc2F)CCN1Cc1nccn1C. The Balaban J connectivity index is 1.59. The van der Waals surface area contributed by atoms with Crippen LogP contribution in [0.1, 0.15) is 23.9 Å². The number of nitrogens with zero attached hydrogens (tertiary/aromatic N) is 5. The van der Waals surface area contributed by atoms with Crippen molar-refractivity contribution in [3.8, 4) is 6.07 Å². The van der Waals surface area contributed by atoms with E-state index in [1.165, 1.54) is 6.07 Å². The van der Waals surface area contributed by atoms with Gasteiger partial charge in [-0.2, -0.15) is 5.26 Å². The molecule has 1 saturated heterocycles. The predicted octanol–water partition coefficient (Wildman–Crippen LogP) is 2.14. The first-order valence-corrected chi connectivity index (χ1v) is 8.18. The molecule has 0 unspecified atom stereocenters. The second-order valence-electron chi connectivity index (χ2n) is 6.43. The van der Waals surface area contributed by atoms with Crippen LogP contribution in [0.2, 0.25) is 0 Å². The molecule has 126 valence electrons. The standard InChI is InChI=1S/C18H22FN5/c1-14-11-23(12-16-4-3-15(10-20)9-17(16)19)7-8-24(14)13-18-21-5-6-22(18)2/h3-6,9,14H,7-8,11-13H2,1-2H3/t14-/m1/s1. The van der Waals surface area contributed by atoms with Gasteiger partial charge in [-0.1, -0.05) is 6.07 Å². The summed E-state index contributed by atoms with van der Waals surface area (Å²) in [7, 11) is 2.01. The third kappa shape index (κ3) is 3.64. The molecule has 6 heteroatoms. The Morgan fingerprint density at radius 2 is 2.17 bits per heavy atom. The van der Waals surface area contributed by atoms with Crippen molar-refractivity contribution in [2.75, 3.05) is 19.6 Å². The molecule has 0 bridgehead atoms.